The number of piperidine rings is 2. The molecule has 0 radical (unpaired) electrons. The van der Waals surface area contributed by atoms with Crippen molar-refractivity contribution in [3.8, 4) is 0 Å². The van der Waals surface area contributed by atoms with E-state index in [0.29, 0.717) is 5.91 Å². The minimum Gasteiger partial charge on any atom is -0.312 e. The van der Waals surface area contributed by atoms with Gasteiger partial charge in [0.1, 0.15) is 0 Å². The summed E-state index contributed by atoms with van der Waals surface area (Å²) in [5.74, 6) is 0.336. The summed E-state index contributed by atoms with van der Waals surface area (Å²) in [6.07, 6.45) is 4.05. The Morgan fingerprint density at radius 2 is 1.73 bits per heavy atom. The molecule has 2 aliphatic rings. The monoisotopic (exact) mass is 349 g/mol. The van der Waals surface area contributed by atoms with Crippen molar-refractivity contribution in [2.45, 2.75) is 39.2 Å². The zero-order chi connectivity index (χ0) is 18.0. The first-order valence-corrected chi connectivity index (χ1v) is 9.68. The van der Waals surface area contributed by atoms with Crippen molar-refractivity contribution >= 4 is 11.6 Å². The summed E-state index contributed by atoms with van der Waals surface area (Å²) in [4.78, 5) is 22.4. The highest BCUT2D eigenvalue weighted by Gasteiger charge is 2.45. The van der Waals surface area contributed by atoms with Crippen molar-refractivity contribution in [3.05, 3.63) is 59.9 Å². The number of anilines is 1. The number of aryl methyl sites for hydroxylation is 1. The van der Waals surface area contributed by atoms with Gasteiger partial charge in [-0.15, -0.1) is 0 Å². The van der Waals surface area contributed by atoms with E-state index in [-0.39, 0.29) is 5.41 Å². The maximum atomic E-state index is 13.3. The Labute approximate surface area is 155 Å². The maximum Gasteiger partial charge on any atom is 0.233 e. The Hall–Kier alpha value is -2.20. The number of aromatic nitrogens is 1. The molecule has 1 amide bonds. The number of hydrogen-bond acceptors (Lipinski definition) is 3. The van der Waals surface area contributed by atoms with E-state index in [9.17, 15) is 4.79 Å². The van der Waals surface area contributed by atoms with Gasteiger partial charge in [-0.05, 0) is 70.0 Å². The lowest BCUT2D eigenvalue weighted by Gasteiger charge is -2.46. The van der Waals surface area contributed by atoms with Gasteiger partial charge in [0.15, 0.2) is 0 Å². The zero-order valence-electron chi connectivity index (χ0n) is 15.5. The van der Waals surface area contributed by atoms with Gasteiger partial charge in [0.2, 0.25) is 5.91 Å². The summed E-state index contributed by atoms with van der Waals surface area (Å²) in [6, 6.07) is 16.3. The molecule has 0 bridgehead atoms. The van der Waals surface area contributed by atoms with Gasteiger partial charge in [-0.2, -0.15) is 0 Å². The Morgan fingerprint density at radius 1 is 0.962 bits per heavy atom. The van der Waals surface area contributed by atoms with Crippen LogP contribution in [0.3, 0.4) is 0 Å². The minimum absolute atomic E-state index is 0.162. The summed E-state index contributed by atoms with van der Waals surface area (Å²) < 4.78 is 0. The first-order chi connectivity index (χ1) is 12.7. The SMILES string of the molecule is Cc1cccc(CN2CCC3(CCCN(c4ccccc4)C3=O)CC2)n1. The van der Waals surface area contributed by atoms with E-state index in [2.05, 4.69) is 34.1 Å². The van der Waals surface area contributed by atoms with Crippen LogP contribution in [0.25, 0.3) is 0 Å². The summed E-state index contributed by atoms with van der Waals surface area (Å²) in [7, 11) is 0. The van der Waals surface area contributed by atoms with E-state index < -0.39 is 0 Å². The number of rotatable bonds is 3. The molecule has 2 fully saturated rings. The second-order valence-corrected chi connectivity index (χ2v) is 7.72. The molecule has 1 spiro atoms. The smallest absolute Gasteiger partial charge is 0.233 e. The van der Waals surface area contributed by atoms with E-state index in [1.165, 1.54) is 0 Å². The van der Waals surface area contributed by atoms with Gasteiger partial charge in [-0.25, -0.2) is 0 Å². The van der Waals surface area contributed by atoms with Crippen LogP contribution in [-0.4, -0.2) is 35.4 Å². The molecule has 2 aromatic rings. The predicted octanol–water partition coefficient (Wildman–Crippen LogP) is 3.80. The molecule has 0 saturated carbocycles. The van der Waals surface area contributed by atoms with Gasteiger partial charge < -0.3 is 4.90 Å². The van der Waals surface area contributed by atoms with Crippen molar-refractivity contribution in [1.29, 1.82) is 0 Å². The Morgan fingerprint density at radius 3 is 2.46 bits per heavy atom. The van der Waals surface area contributed by atoms with Crippen LogP contribution in [0.2, 0.25) is 0 Å². The number of pyridine rings is 1. The minimum atomic E-state index is -0.162. The van der Waals surface area contributed by atoms with Crippen LogP contribution in [-0.2, 0) is 11.3 Å². The first kappa shape index (κ1) is 17.2. The second kappa shape index (κ2) is 7.20. The number of para-hydroxylation sites is 1. The molecular formula is C22H27N3O. The van der Waals surface area contributed by atoms with Gasteiger partial charge >= 0.3 is 0 Å². The number of likely N-dealkylation sites (tertiary alicyclic amines) is 1. The van der Waals surface area contributed by atoms with Crippen LogP contribution in [0.5, 0.6) is 0 Å². The van der Waals surface area contributed by atoms with E-state index >= 15 is 0 Å². The number of amides is 1. The predicted molar refractivity (Wildman–Crippen MR) is 104 cm³/mol. The van der Waals surface area contributed by atoms with Crippen LogP contribution in [0.1, 0.15) is 37.1 Å². The Bertz CT molecular complexity index is 766. The summed E-state index contributed by atoms with van der Waals surface area (Å²) in [5, 5.41) is 0. The molecule has 1 aromatic heterocycles. The number of hydrogen-bond donors (Lipinski definition) is 0. The van der Waals surface area contributed by atoms with Gasteiger partial charge in [0.05, 0.1) is 11.1 Å². The molecule has 0 unspecified atom stereocenters. The van der Waals surface area contributed by atoms with Gasteiger partial charge in [-0.3, -0.25) is 14.7 Å². The molecule has 2 saturated heterocycles. The molecule has 136 valence electrons. The fraction of sp³-hybridized carbons (Fsp3) is 0.455. The lowest BCUT2D eigenvalue weighted by atomic mass is 9.71. The van der Waals surface area contributed by atoms with Crippen LogP contribution < -0.4 is 4.90 Å². The molecule has 0 atom stereocenters. The van der Waals surface area contributed by atoms with Gasteiger partial charge in [0, 0.05) is 24.5 Å². The van der Waals surface area contributed by atoms with E-state index in [4.69, 9.17) is 0 Å². The van der Waals surface area contributed by atoms with Crippen LogP contribution >= 0.6 is 0 Å². The molecule has 4 rings (SSSR count). The third-order valence-corrected chi connectivity index (χ3v) is 5.95. The zero-order valence-corrected chi connectivity index (χ0v) is 15.5. The number of carbonyl (C=O) groups excluding carboxylic acids is 1. The summed E-state index contributed by atoms with van der Waals surface area (Å²) >= 11 is 0. The molecule has 3 heterocycles. The van der Waals surface area contributed by atoms with Crippen LogP contribution in [0.4, 0.5) is 5.69 Å². The van der Waals surface area contributed by atoms with Crippen molar-refractivity contribution in [3.63, 3.8) is 0 Å². The molecule has 2 aliphatic heterocycles. The first-order valence-electron chi connectivity index (χ1n) is 9.68. The second-order valence-electron chi connectivity index (χ2n) is 7.72. The van der Waals surface area contributed by atoms with Crippen LogP contribution in [0.15, 0.2) is 48.5 Å². The number of nitrogens with zero attached hydrogens (tertiary/aromatic N) is 3. The third-order valence-electron chi connectivity index (χ3n) is 5.95. The molecule has 0 N–H and O–H groups in total. The molecule has 0 aliphatic carbocycles. The Kier molecular flexibility index (Phi) is 4.77. The lowest BCUT2D eigenvalue weighted by Crippen LogP contribution is -2.53. The molecule has 4 nitrogen and oxygen atoms in total. The quantitative estimate of drug-likeness (QED) is 0.846. The molecule has 1 aromatic carbocycles. The van der Waals surface area contributed by atoms with Crippen molar-refractivity contribution < 1.29 is 4.79 Å². The van der Waals surface area contributed by atoms with Crippen molar-refractivity contribution in [2.24, 2.45) is 5.41 Å². The van der Waals surface area contributed by atoms with E-state index in [1.54, 1.807) is 0 Å². The Balaban J connectivity index is 1.43. The fourth-order valence-electron chi connectivity index (χ4n) is 4.44. The number of carbonyl (C=O) groups is 1. The lowest BCUT2D eigenvalue weighted by molar-refractivity contribution is -0.133. The van der Waals surface area contributed by atoms with Crippen LogP contribution in [0, 0.1) is 12.3 Å². The molecular weight excluding hydrogens is 322 g/mol. The maximum absolute atomic E-state index is 13.3. The van der Waals surface area contributed by atoms with Crippen molar-refractivity contribution in [1.82, 2.24) is 9.88 Å². The highest BCUT2D eigenvalue weighted by atomic mass is 16.2. The highest BCUT2D eigenvalue weighted by Crippen LogP contribution is 2.42. The van der Waals surface area contributed by atoms with Crippen molar-refractivity contribution in [2.75, 3.05) is 24.5 Å². The standard InChI is InChI=1S/C22H27N3O/c1-18-7-5-8-19(23-18)17-24-15-12-22(13-16-24)11-6-14-25(21(22)26)20-9-3-2-4-10-20/h2-5,7-10H,6,11-17H2,1H3. The average molecular weight is 349 g/mol. The average Bonchev–Trinajstić information content (AvgIpc) is 2.67. The molecule has 26 heavy (non-hydrogen) atoms. The van der Waals surface area contributed by atoms with Gasteiger partial charge in [0.25, 0.3) is 0 Å². The normalized spacial score (nSPS) is 20.5. The topological polar surface area (TPSA) is 36.4 Å². The summed E-state index contributed by atoms with van der Waals surface area (Å²) in [5.41, 5.74) is 3.08. The third kappa shape index (κ3) is 3.38. The van der Waals surface area contributed by atoms with E-state index in [0.717, 1.165) is 68.9 Å². The van der Waals surface area contributed by atoms with Gasteiger partial charge in [-0.1, -0.05) is 24.3 Å². The highest BCUT2D eigenvalue weighted by molar-refractivity contribution is 5.98. The summed E-state index contributed by atoms with van der Waals surface area (Å²) in [6.45, 7) is 5.72. The largest absolute Gasteiger partial charge is 0.312 e. The fourth-order valence-corrected chi connectivity index (χ4v) is 4.44. The molecule has 4 heteroatoms. The van der Waals surface area contributed by atoms with E-state index in [1.807, 2.05) is 36.1 Å². The number of benzene rings is 1.